The van der Waals surface area contributed by atoms with Gasteiger partial charge in [0.25, 0.3) is 0 Å². The lowest BCUT2D eigenvalue weighted by Crippen LogP contribution is -2.49. The number of amides is 1. The Balaban J connectivity index is 2.02. The van der Waals surface area contributed by atoms with Crippen LogP contribution in [-0.2, 0) is 25.5 Å². The van der Waals surface area contributed by atoms with Gasteiger partial charge in [-0.15, -0.1) is 0 Å². The number of ether oxygens (including phenoxy) is 1. The number of rotatable bonds is 10. The van der Waals surface area contributed by atoms with E-state index in [-0.39, 0.29) is 25.9 Å². The fourth-order valence-electron chi connectivity index (χ4n) is 2.82. The average molecular weight is 385 g/mol. The van der Waals surface area contributed by atoms with Crippen molar-refractivity contribution in [2.24, 2.45) is 5.73 Å². The van der Waals surface area contributed by atoms with Crippen LogP contribution in [0, 0.1) is 0 Å². The van der Waals surface area contributed by atoms with Gasteiger partial charge in [0.2, 0.25) is 11.7 Å². The summed E-state index contributed by atoms with van der Waals surface area (Å²) in [5.41, 5.74) is 16.2. The second kappa shape index (κ2) is 10.1. The number of fused-ring (bicyclic) bond motifs is 1. The highest BCUT2D eigenvalue weighted by atomic mass is 16.5. The van der Waals surface area contributed by atoms with Gasteiger partial charge in [-0.05, 0) is 31.4 Å². The van der Waals surface area contributed by atoms with Gasteiger partial charge >= 0.3 is 12.2 Å². The molecule has 1 aromatic heterocycles. The first-order valence-corrected chi connectivity index (χ1v) is 8.94. The molecule has 9 heteroatoms. The Morgan fingerprint density at radius 1 is 1.36 bits per heavy atom. The van der Waals surface area contributed by atoms with E-state index < -0.39 is 29.7 Å². The Hall–Kier alpha value is -3.29. The minimum atomic E-state index is -1.02. The maximum atomic E-state index is 12.5. The predicted molar refractivity (Wildman–Crippen MR) is 102 cm³/mol. The molecule has 9 nitrogen and oxygen atoms in total. The summed E-state index contributed by atoms with van der Waals surface area (Å²) in [6.45, 7) is 1.78. The molecule has 4 N–H and O–H groups in total. The summed E-state index contributed by atoms with van der Waals surface area (Å²) < 4.78 is 4.95. The minimum Gasteiger partial charge on any atom is -0.464 e. The summed E-state index contributed by atoms with van der Waals surface area (Å²) >= 11 is 0. The molecular weight excluding hydrogens is 362 g/mol. The van der Waals surface area contributed by atoms with Crippen molar-refractivity contribution in [1.82, 2.24) is 10.3 Å². The molecule has 2 aromatic rings. The van der Waals surface area contributed by atoms with Gasteiger partial charge < -0.3 is 26.3 Å². The number of nitrogens with one attached hydrogen (secondary N) is 2. The first-order chi connectivity index (χ1) is 13.5. The van der Waals surface area contributed by atoms with Crippen molar-refractivity contribution < 1.29 is 23.9 Å². The summed E-state index contributed by atoms with van der Waals surface area (Å²) in [5.74, 6) is -1.65. The molecular formula is C19H23N5O4. The van der Waals surface area contributed by atoms with Crippen molar-refractivity contribution in [3.8, 4) is 0 Å². The average Bonchev–Trinajstić information content (AvgIpc) is 3.08. The molecule has 2 rings (SSSR count). The van der Waals surface area contributed by atoms with Crippen LogP contribution in [0.4, 0.5) is 0 Å². The maximum Gasteiger partial charge on any atom is 0.328 e. The molecule has 0 aliphatic heterocycles. The third-order valence-electron chi connectivity index (χ3n) is 4.22. The third kappa shape index (κ3) is 5.60. The molecule has 28 heavy (non-hydrogen) atoms. The Bertz CT molecular complexity index is 901. The molecule has 0 bridgehead atoms. The number of H-pyrrole nitrogens is 1. The topological polar surface area (TPSA) is 151 Å². The van der Waals surface area contributed by atoms with Gasteiger partial charge in [0, 0.05) is 23.5 Å². The number of hydrogen-bond acceptors (Lipinski definition) is 5. The van der Waals surface area contributed by atoms with E-state index in [9.17, 15) is 14.4 Å². The molecule has 2 atom stereocenters. The lowest BCUT2D eigenvalue weighted by molar-refractivity contribution is -0.147. The number of para-hydroxylation sites is 1. The lowest BCUT2D eigenvalue weighted by atomic mass is 10.0. The second-order valence-electron chi connectivity index (χ2n) is 6.23. The number of Topliss-reactive ketones (excluding diaryl/α,β-unsaturated/α-hetero) is 1. The van der Waals surface area contributed by atoms with E-state index in [1.165, 1.54) is 0 Å². The quantitative estimate of drug-likeness (QED) is 0.238. The Labute approximate surface area is 161 Å². The van der Waals surface area contributed by atoms with Gasteiger partial charge in [0.05, 0.1) is 12.6 Å². The summed E-state index contributed by atoms with van der Waals surface area (Å²) in [4.78, 5) is 41.8. The van der Waals surface area contributed by atoms with Crippen LogP contribution in [0.1, 0.15) is 25.3 Å². The highest BCUT2D eigenvalue weighted by molar-refractivity contribution is 6.25. The molecule has 0 unspecified atom stereocenters. The highest BCUT2D eigenvalue weighted by Crippen LogP contribution is 2.18. The van der Waals surface area contributed by atoms with E-state index in [4.69, 9.17) is 16.0 Å². The van der Waals surface area contributed by atoms with E-state index in [0.717, 1.165) is 22.7 Å². The van der Waals surface area contributed by atoms with Crippen LogP contribution in [0.2, 0.25) is 0 Å². The Morgan fingerprint density at radius 2 is 2.11 bits per heavy atom. The molecule has 0 aliphatic rings. The maximum absolute atomic E-state index is 12.5. The van der Waals surface area contributed by atoms with E-state index >= 15 is 0 Å². The van der Waals surface area contributed by atoms with Crippen molar-refractivity contribution in [1.29, 1.82) is 0 Å². The molecule has 0 saturated carbocycles. The van der Waals surface area contributed by atoms with E-state index in [1.807, 2.05) is 24.3 Å². The van der Waals surface area contributed by atoms with Crippen molar-refractivity contribution in [3.05, 3.63) is 41.6 Å². The lowest BCUT2D eigenvalue weighted by Gasteiger charge is -2.19. The molecule has 0 radical (unpaired) electrons. The molecule has 1 heterocycles. The monoisotopic (exact) mass is 385 g/mol. The van der Waals surface area contributed by atoms with Crippen LogP contribution in [0.25, 0.3) is 16.4 Å². The fourth-order valence-corrected chi connectivity index (χ4v) is 2.82. The van der Waals surface area contributed by atoms with Crippen LogP contribution in [0.5, 0.6) is 0 Å². The standard InChI is InChI=1S/C19H23N5O4/c1-2-28-19(27)17(8-7-13(25)11-23-21)24-18(26)15(20)9-12-10-22-16-6-4-3-5-14(12)16/h3-6,10-11,15,17,22H,2,7-9,20H2,1H3,(H,24,26)/t15-,17-/m0/s1. The number of hydrogen-bond donors (Lipinski definition) is 3. The summed E-state index contributed by atoms with van der Waals surface area (Å²) in [6, 6.07) is 5.76. The van der Waals surface area contributed by atoms with Gasteiger partial charge in [-0.1, -0.05) is 18.2 Å². The van der Waals surface area contributed by atoms with Crippen LogP contribution in [-0.4, -0.2) is 52.3 Å². The van der Waals surface area contributed by atoms with Gasteiger partial charge in [-0.3, -0.25) is 9.59 Å². The van der Waals surface area contributed by atoms with E-state index in [1.54, 1.807) is 13.1 Å². The zero-order valence-corrected chi connectivity index (χ0v) is 15.6. The van der Waals surface area contributed by atoms with Crippen LogP contribution >= 0.6 is 0 Å². The van der Waals surface area contributed by atoms with Crippen LogP contribution in [0.15, 0.2) is 30.5 Å². The number of nitrogens with two attached hydrogens (primary N) is 1. The normalized spacial score (nSPS) is 12.6. The van der Waals surface area contributed by atoms with Gasteiger partial charge in [0.15, 0.2) is 0 Å². The molecule has 0 saturated heterocycles. The molecule has 148 valence electrons. The fraction of sp³-hybridized carbons (Fsp3) is 0.368. The zero-order valence-electron chi connectivity index (χ0n) is 15.6. The summed E-state index contributed by atoms with van der Waals surface area (Å²) in [5, 5.41) is 3.53. The molecule has 0 spiro atoms. The SMILES string of the molecule is CCOC(=O)[C@H](CCC(=O)C=[N+]=[N-])NC(=O)[C@@H](N)Cc1c[nH]c2ccccc12. The van der Waals surface area contributed by atoms with Crippen molar-refractivity contribution in [3.63, 3.8) is 0 Å². The summed E-state index contributed by atoms with van der Waals surface area (Å²) in [7, 11) is 0. The first-order valence-electron chi connectivity index (χ1n) is 8.94. The highest BCUT2D eigenvalue weighted by Gasteiger charge is 2.26. The zero-order chi connectivity index (χ0) is 20.5. The largest absolute Gasteiger partial charge is 0.464 e. The Kier molecular flexibility index (Phi) is 7.62. The number of nitrogens with zero attached hydrogens (tertiary/aromatic N) is 2. The van der Waals surface area contributed by atoms with E-state index in [0.29, 0.717) is 0 Å². The smallest absolute Gasteiger partial charge is 0.328 e. The van der Waals surface area contributed by atoms with Crippen molar-refractivity contribution in [2.45, 2.75) is 38.3 Å². The third-order valence-corrected chi connectivity index (χ3v) is 4.22. The number of carbonyl (C=O) groups excluding carboxylic acids is 3. The number of aromatic nitrogens is 1. The first kappa shape index (κ1) is 21.0. The van der Waals surface area contributed by atoms with Crippen LogP contribution in [0.3, 0.4) is 0 Å². The van der Waals surface area contributed by atoms with Crippen molar-refractivity contribution in [2.75, 3.05) is 6.61 Å². The minimum absolute atomic E-state index is 0.00916. The van der Waals surface area contributed by atoms with Gasteiger partial charge in [-0.25, -0.2) is 4.79 Å². The van der Waals surface area contributed by atoms with Gasteiger partial charge in [0.1, 0.15) is 6.04 Å². The van der Waals surface area contributed by atoms with Crippen molar-refractivity contribution >= 4 is 34.8 Å². The molecule has 1 amide bonds. The molecule has 0 aliphatic carbocycles. The number of benzene rings is 1. The number of aromatic amines is 1. The van der Waals surface area contributed by atoms with E-state index in [2.05, 4.69) is 15.1 Å². The number of ketones is 1. The summed E-state index contributed by atoms with van der Waals surface area (Å²) in [6.07, 6.45) is 2.74. The van der Waals surface area contributed by atoms with Crippen LogP contribution < -0.4 is 11.1 Å². The predicted octanol–water partition coefficient (Wildman–Crippen LogP) is 0.736. The Morgan fingerprint density at radius 3 is 2.82 bits per heavy atom. The molecule has 1 aromatic carbocycles. The number of esters is 1. The number of carbonyl (C=O) groups is 3. The van der Waals surface area contributed by atoms with Gasteiger partial charge in [-0.2, -0.15) is 4.79 Å². The second-order valence-corrected chi connectivity index (χ2v) is 6.23. The molecule has 0 fully saturated rings.